The number of rotatable bonds is 1. The Morgan fingerprint density at radius 3 is 2.92 bits per heavy atom. The first kappa shape index (κ1) is 8.96. The molecule has 1 aliphatic rings. The first-order valence-electron chi connectivity index (χ1n) is 3.67. The van der Waals surface area contributed by atoms with Crippen molar-refractivity contribution in [3.63, 3.8) is 0 Å². The SMILES string of the molecule is COC(=O)C1(F)CCCNC1=O. The summed E-state index contributed by atoms with van der Waals surface area (Å²) in [4.78, 5) is 21.8. The van der Waals surface area contributed by atoms with E-state index in [1.54, 1.807) is 0 Å². The van der Waals surface area contributed by atoms with Gasteiger partial charge in [0.25, 0.3) is 11.6 Å². The minimum atomic E-state index is -2.47. The van der Waals surface area contributed by atoms with Gasteiger partial charge in [0.1, 0.15) is 0 Å². The van der Waals surface area contributed by atoms with Crippen LogP contribution in [-0.2, 0) is 14.3 Å². The van der Waals surface area contributed by atoms with Gasteiger partial charge in [0.2, 0.25) is 0 Å². The number of esters is 1. The van der Waals surface area contributed by atoms with E-state index in [4.69, 9.17) is 0 Å². The van der Waals surface area contributed by atoms with Crippen LogP contribution in [0.5, 0.6) is 0 Å². The molecule has 1 saturated heterocycles. The summed E-state index contributed by atoms with van der Waals surface area (Å²) in [5, 5.41) is 2.27. The van der Waals surface area contributed by atoms with Crippen molar-refractivity contribution in [2.24, 2.45) is 0 Å². The molecule has 0 aromatic rings. The van der Waals surface area contributed by atoms with Gasteiger partial charge in [0.05, 0.1) is 7.11 Å². The number of hydrogen-bond donors (Lipinski definition) is 1. The van der Waals surface area contributed by atoms with Gasteiger partial charge in [0.15, 0.2) is 0 Å². The molecule has 1 fully saturated rings. The van der Waals surface area contributed by atoms with Gasteiger partial charge < -0.3 is 10.1 Å². The van der Waals surface area contributed by atoms with Crippen molar-refractivity contribution in [3.8, 4) is 0 Å². The second-order valence-corrected chi connectivity index (χ2v) is 2.65. The van der Waals surface area contributed by atoms with E-state index in [0.717, 1.165) is 7.11 Å². The normalized spacial score (nSPS) is 29.3. The Labute approximate surface area is 69.1 Å². The predicted molar refractivity (Wildman–Crippen MR) is 38.1 cm³/mol. The summed E-state index contributed by atoms with van der Waals surface area (Å²) in [5.74, 6) is -2.00. The van der Waals surface area contributed by atoms with Crippen molar-refractivity contribution in [2.75, 3.05) is 13.7 Å². The summed E-state index contributed by atoms with van der Waals surface area (Å²) in [7, 11) is 1.06. The average molecular weight is 175 g/mol. The first-order valence-corrected chi connectivity index (χ1v) is 3.67. The third-order valence-corrected chi connectivity index (χ3v) is 1.85. The lowest BCUT2D eigenvalue weighted by atomic mass is 9.95. The topological polar surface area (TPSA) is 55.4 Å². The molecule has 1 unspecified atom stereocenters. The standard InChI is InChI=1S/C7H10FNO3/c1-12-6(11)7(8)3-2-4-9-5(7)10/h2-4H2,1H3,(H,9,10). The van der Waals surface area contributed by atoms with E-state index in [0.29, 0.717) is 13.0 Å². The number of methoxy groups -OCH3 is 1. The van der Waals surface area contributed by atoms with Crippen LogP contribution in [0.1, 0.15) is 12.8 Å². The average Bonchev–Trinajstić information content (AvgIpc) is 2.09. The number of alkyl halides is 1. The zero-order valence-corrected chi connectivity index (χ0v) is 6.72. The number of amides is 1. The number of halogens is 1. The van der Waals surface area contributed by atoms with Crippen molar-refractivity contribution in [1.82, 2.24) is 5.32 Å². The fourth-order valence-electron chi connectivity index (χ4n) is 1.14. The van der Waals surface area contributed by atoms with Crippen LogP contribution in [0.2, 0.25) is 0 Å². The molecule has 1 amide bonds. The quantitative estimate of drug-likeness (QED) is 0.442. The zero-order chi connectivity index (χ0) is 9.19. The van der Waals surface area contributed by atoms with E-state index in [2.05, 4.69) is 10.1 Å². The molecule has 1 rings (SSSR count). The molecule has 1 N–H and O–H groups in total. The molecule has 1 atom stereocenters. The maximum absolute atomic E-state index is 13.5. The van der Waals surface area contributed by atoms with Crippen LogP contribution in [0, 0.1) is 0 Å². The molecule has 4 nitrogen and oxygen atoms in total. The van der Waals surface area contributed by atoms with Gasteiger partial charge in [-0.1, -0.05) is 0 Å². The highest BCUT2D eigenvalue weighted by molar-refractivity contribution is 6.06. The lowest BCUT2D eigenvalue weighted by Gasteiger charge is -2.25. The van der Waals surface area contributed by atoms with Crippen LogP contribution < -0.4 is 5.32 Å². The largest absolute Gasteiger partial charge is 0.466 e. The van der Waals surface area contributed by atoms with Crippen LogP contribution in [0.3, 0.4) is 0 Å². The number of piperidine rings is 1. The van der Waals surface area contributed by atoms with Crippen LogP contribution in [-0.4, -0.2) is 31.2 Å². The van der Waals surface area contributed by atoms with E-state index in [9.17, 15) is 14.0 Å². The molecule has 1 aliphatic heterocycles. The van der Waals surface area contributed by atoms with Gasteiger partial charge in [-0.25, -0.2) is 9.18 Å². The Balaban J connectivity index is 2.79. The van der Waals surface area contributed by atoms with Crippen LogP contribution in [0.4, 0.5) is 4.39 Å². The van der Waals surface area contributed by atoms with Gasteiger partial charge in [-0.2, -0.15) is 0 Å². The number of hydrogen-bond acceptors (Lipinski definition) is 3. The number of ether oxygens (including phenoxy) is 1. The van der Waals surface area contributed by atoms with Crippen molar-refractivity contribution in [1.29, 1.82) is 0 Å². The number of carbonyl (C=O) groups is 2. The maximum Gasteiger partial charge on any atom is 0.353 e. The summed E-state index contributed by atoms with van der Waals surface area (Å²) in [5.41, 5.74) is -2.47. The summed E-state index contributed by atoms with van der Waals surface area (Å²) in [6.07, 6.45) is 0.364. The van der Waals surface area contributed by atoms with Gasteiger partial charge >= 0.3 is 5.97 Å². The molecule has 0 radical (unpaired) electrons. The molecule has 0 aromatic carbocycles. The second-order valence-electron chi connectivity index (χ2n) is 2.65. The van der Waals surface area contributed by atoms with E-state index >= 15 is 0 Å². The molecule has 0 saturated carbocycles. The molecule has 0 aliphatic carbocycles. The minimum absolute atomic E-state index is 0.0918. The molecule has 5 heteroatoms. The lowest BCUT2D eigenvalue weighted by molar-refractivity contribution is -0.163. The molecule has 0 aromatic heterocycles. The Bertz CT molecular complexity index is 209. The fourth-order valence-corrected chi connectivity index (χ4v) is 1.14. The van der Waals surface area contributed by atoms with Crippen molar-refractivity contribution >= 4 is 11.9 Å². The predicted octanol–water partition coefficient (Wildman–Crippen LogP) is -0.222. The Hall–Kier alpha value is -1.13. The fraction of sp³-hybridized carbons (Fsp3) is 0.714. The monoisotopic (exact) mass is 175 g/mol. The Morgan fingerprint density at radius 2 is 2.42 bits per heavy atom. The van der Waals surface area contributed by atoms with Crippen LogP contribution in [0.25, 0.3) is 0 Å². The van der Waals surface area contributed by atoms with Gasteiger partial charge in [-0.15, -0.1) is 0 Å². The van der Waals surface area contributed by atoms with Crippen molar-refractivity contribution in [3.05, 3.63) is 0 Å². The molecule has 0 bridgehead atoms. The molecular weight excluding hydrogens is 165 g/mol. The highest BCUT2D eigenvalue weighted by Gasteiger charge is 2.49. The van der Waals surface area contributed by atoms with Crippen LogP contribution >= 0.6 is 0 Å². The van der Waals surface area contributed by atoms with Crippen LogP contribution in [0.15, 0.2) is 0 Å². The zero-order valence-electron chi connectivity index (χ0n) is 6.72. The van der Waals surface area contributed by atoms with E-state index < -0.39 is 17.5 Å². The first-order chi connectivity index (χ1) is 5.61. The Morgan fingerprint density at radius 1 is 1.75 bits per heavy atom. The van der Waals surface area contributed by atoms with E-state index in [1.807, 2.05) is 0 Å². The molecule has 12 heavy (non-hydrogen) atoms. The molecule has 68 valence electrons. The maximum atomic E-state index is 13.5. The third kappa shape index (κ3) is 1.26. The molecular formula is C7H10FNO3. The molecule has 1 heterocycles. The highest BCUT2D eigenvalue weighted by atomic mass is 19.1. The lowest BCUT2D eigenvalue weighted by Crippen LogP contribution is -2.53. The Kier molecular flexibility index (Phi) is 2.30. The van der Waals surface area contributed by atoms with Crippen molar-refractivity contribution in [2.45, 2.75) is 18.5 Å². The van der Waals surface area contributed by atoms with Crippen molar-refractivity contribution < 1.29 is 18.7 Å². The van der Waals surface area contributed by atoms with E-state index in [1.165, 1.54) is 0 Å². The number of carbonyl (C=O) groups excluding carboxylic acids is 2. The molecule has 0 spiro atoms. The number of nitrogens with one attached hydrogen (secondary N) is 1. The second kappa shape index (κ2) is 3.08. The summed E-state index contributed by atoms with van der Waals surface area (Å²) >= 11 is 0. The summed E-state index contributed by atoms with van der Waals surface area (Å²) in [6, 6.07) is 0. The van der Waals surface area contributed by atoms with Gasteiger partial charge in [-0.3, -0.25) is 4.79 Å². The smallest absolute Gasteiger partial charge is 0.353 e. The minimum Gasteiger partial charge on any atom is -0.466 e. The summed E-state index contributed by atoms with van der Waals surface area (Å²) < 4.78 is 17.7. The highest BCUT2D eigenvalue weighted by Crippen LogP contribution is 2.23. The van der Waals surface area contributed by atoms with Gasteiger partial charge in [0, 0.05) is 13.0 Å². The van der Waals surface area contributed by atoms with E-state index in [-0.39, 0.29) is 6.42 Å². The third-order valence-electron chi connectivity index (χ3n) is 1.85. The summed E-state index contributed by atoms with van der Waals surface area (Å²) in [6.45, 7) is 0.418. The van der Waals surface area contributed by atoms with Gasteiger partial charge in [-0.05, 0) is 6.42 Å².